The van der Waals surface area contributed by atoms with E-state index in [2.05, 4.69) is 0 Å². The van der Waals surface area contributed by atoms with Crippen LogP contribution in [-0.2, 0) is 0 Å². The summed E-state index contributed by atoms with van der Waals surface area (Å²) in [6, 6.07) is 12.2. The van der Waals surface area contributed by atoms with Gasteiger partial charge >= 0.3 is 0 Å². The molecule has 0 aliphatic heterocycles. The number of hydrogen-bond donors (Lipinski definition) is 0. The SMILES string of the molecule is Cc1ccc(-c2ccc(F)cc2)cc1Cl. The first-order valence-electron chi connectivity index (χ1n) is 4.69. The molecular weight excluding hydrogens is 211 g/mol. The molecule has 0 fully saturated rings. The quantitative estimate of drug-likeness (QED) is 0.666. The Bertz CT molecular complexity index is 474. The van der Waals surface area contributed by atoms with Crippen LogP contribution in [-0.4, -0.2) is 0 Å². The van der Waals surface area contributed by atoms with Crippen molar-refractivity contribution in [1.29, 1.82) is 0 Å². The molecule has 0 heterocycles. The maximum absolute atomic E-state index is 12.7. The number of halogens is 2. The van der Waals surface area contributed by atoms with Crippen LogP contribution < -0.4 is 0 Å². The molecule has 76 valence electrons. The summed E-state index contributed by atoms with van der Waals surface area (Å²) in [5.74, 6) is -0.225. The van der Waals surface area contributed by atoms with Crippen molar-refractivity contribution in [2.24, 2.45) is 0 Å². The lowest BCUT2D eigenvalue weighted by molar-refractivity contribution is 0.628. The molecule has 2 rings (SSSR count). The lowest BCUT2D eigenvalue weighted by atomic mass is 10.0. The highest BCUT2D eigenvalue weighted by Crippen LogP contribution is 2.25. The largest absolute Gasteiger partial charge is 0.207 e. The highest BCUT2D eigenvalue weighted by molar-refractivity contribution is 6.31. The van der Waals surface area contributed by atoms with E-state index in [0.29, 0.717) is 0 Å². The second-order valence-electron chi connectivity index (χ2n) is 3.47. The summed E-state index contributed by atoms with van der Waals surface area (Å²) in [4.78, 5) is 0. The zero-order chi connectivity index (χ0) is 10.8. The molecule has 0 saturated heterocycles. The van der Waals surface area contributed by atoms with Crippen molar-refractivity contribution in [3.8, 4) is 11.1 Å². The van der Waals surface area contributed by atoms with E-state index in [0.717, 1.165) is 21.7 Å². The molecule has 15 heavy (non-hydrogen) atoms. The molecule has 0 aliphatic rings. The van der Waals surface area contributed by atoms with E-state index in [1.165, 1.54) is 12.1 Å². The van der Waals surface area contributed by atoms with Crippen LogP contribution in [0.25, 0.3) is 11.1 Å². The van der Waals surface area contributed by atoms with Gasteiger partial charge in [0.25, 0.3) is 0 Å². The minimum Gasteiger partial charge on any atom is -0.207 e. The van der Waals surface area contributed by atoms with Crippen molar-refractivity contribution in [1.82, 2.24) is 0 Å². The minimum atomic E-state index is -0.225. The minimum absolute atomic E-state index is 0.225. The Labute approximate surface area is 93.3 Å². The Kier molecular flexibility index (Phi) is 2.74. The van der Waals surface area contributed by atoms with Crippen molar-refractivity contribution in [2.45, 2.75) is 6.92 Å². The molecule has 0 N–H and O–H groups in total. The molecule has 0 amide bonds. The van der Waals surface area contributed by atoms with Gasteiger partial charge in [-0.2, -0.15) is 0 Å². The van der Waals surface area contributed by atoms with Crippen LogP contribution in [0, 0.1) is 12.7 Å². The first-order valence-corrected chi connectivity index (χ1v) is 5.07. The van der Waals surface area contributed by atoms with E-state index < -0.39 is 0 Å². The van der Waals surface area contributed by atoms with Gasteiger partial charge in [-0.1, -0.05) is 35.9 Å². The highest BCUT2D eigenvalue weighted by Gasteiger charge is 2.00. The standard InChI is InChI=1S/C13H10ClF/c1-9-2-3-11(8-13(9)14)10-4-6-12(15)7-5-10/h2-8H,1H3. The second kappa shape index (κ2) is 4.03. The molecule has 2 aromatic carbocycles. The Morgan fingerprint density at radius 2 is 1.53 bits per heavy atom. The summed E-state index contributed by atoms with van der Waals surface area (Å²) >= 11 is 6.02. The summed E-state index contributed by atoms with van der Waals surface area (Å²) in [6.07, 6.45) is 0. The summed E-state index contributed by atoms with van der Waals surface area (Å²) < 4.78 is 12.7. The molecule has 0 aliphatic carbocycles. The summed E-state index contributed by atoms with van der Waals surface area (Å²) in [5, 5.41) is 0.733. The van der Waals surface area contributed by atoms with Crippen molar-refractivity contribution in [3.05, 3.63) is 58.9 Å². The summed E-state index contributed by atoms with van der Waals surface area (Å²) in [6.45, 7) is 1.96. The van der Waals surface area contributed by atoms with E-state index in [1.54, 1.807) is 12.1 Å². The fourth-order valence-corrected chi connectivity index (χ4v) is 1.60. The van der Waals surface area contributed by atoms with Gasteiger partial charge in [-0.05, 0) is 41.8 Å². The van der Waals surface area contributed by atoms with Crippen molar-refractivity contribution in [3.63, 3.8) is 0 Å². The van der Waals surface area contributed by atoms with Crippen LogP contribution >= 0.6 is 11.6 Å². The molecule has 0 spiro atoms. The molecule has 0 radical (unpaired) electrons. The Balaban J connectivity index is 2.45. The van der Waals surface area contributed by atoms with E-state index in [1.807, 2.05) is 25.1 Å². The first kappa shape index (κ1) is 10.2. The molecule has 0 unspecified atom stereocenters. The van der Waals surface area contributed by atoms with E-state index in [4.69, 9.17) is 11.6 Å². The molecule has 2 aromatic rings. The van der Waals surface area contributed by atoms with Gasteiger partial charge in [-0.25, -0.2) is 4.39 Å². The van der Waals surface area contributed by atoms with Crippen LogP contribution in [0.3, 0.4) is 0 Å². The maximum atomic E-state index is 12.7. The fourth-order valence-electron chi connectivity index (χ4n) is 1.41. The predicted molar refractivity (Wildman–Crippen MR) is 61.6 cm³/mol. The lowest BCUT2D eigenvalue weighted by Gasteiger charge is -2.04. The molecule has 0 aromatic heterocycles. The zero-order valence-electron chi connectivity index (χ0n) is 8.30. The molecule has 2 heteroatoms. The van der Waals surface area contributed by atoms with Gasteiger partial charge in [0.2, 0.25) is 0 Å². The molecule has 0 saturated carbocycles. The van der Waals surface area contributed by atoms with Gasteiger partial charge in [0.05, 0.1) is 0 Å². The third-order valence-corrected chi connectivity index (χ3v) is 2.76. The normalized spacial score (nSPS) is 10.3. The average molecular weight is 221 g/mol. The second-order valence-corrected chi connectivity index (χ2v) is 3.88. The number of hydrogen-bond acceptors (Lipinski definition) is 0. The predicted octanol–water partition coefficient (Wildman–Crippen LogP) is 4.45. The monoisotopic (exact) mass is 220 g/mol. The summed E-state index contributed by atoms with van der Waals surface area (Å²) in [7, 11) is 0. The first-order chi connectivity index (χ1) is 7.16. The fraction of sp³-hybridized carbons (Fsp3) is 0.0769. The van der Waals surface area contributed by atoms with Gasteiger partial charge in [-0.3, -0.25) is 0 Å². The van der Waals surface area contributed by atoms with Gasteiger partial charge in [-0.15, -0.1) is 0 Å². The van der Waals surface area contributed by atoms with Crippen molar-refractivity contribution >= 4 is 11.6 Å². The van der Waals surface area contributed by atoms with Crippen molar-refractivity contribution in [2.75, 3.05) is 0 Å². The Morgan fingerprint density at radius 3 is 2.13 bits per heavy atom. The smallest absolute Gasteiger partial charge is 0.123 e. The van der Waals surface area contributed by atoms with Crippen LogP contribution in [0.15, 0.2) is 42.5 Å². The van der Waals surface area contributed by atoms with E-state index in [-0.39, 0.29) is 5.82 Å². The van der Waals surface area contributed by atoms with Gasteiger partial charge in [0, 0.05) is 5.02 Å². The van der Waals surface area contributed by atoms with Crippen LogP contribution in [0.4, 0.5) is 4.39 Å². The maximum Gasteiger partial charge on any atom is 0.123 e. The number of rotatable bonds is 1. The third-order valence-electron chi connectivity index (χ3n) is 2.35. The molecule has 0 bridgehead atoms. The van der Waals surface area contributed by atoms with Crippen LogP contribution in [0.2, 0.25) is 5.02 Å². The number of aryl methyl sites for hydroxylation is 1. The van der Waals surface area contributed by atoms with Gasteiger partial charge < -0.3 is 0 Å². The topological polar surface area (TPSA) is 0 Å². The van der Waals surface area contributed by atoms with Crippen LogP contribution in [0.5, 0.6) is 0 Å². The molecule has 0 nitrogen and oxygen atoms in total. The average Bonchev–Trinajstić information content (AvgIpc) is 2.23. The van der Waals surface area contributed by atoms with Gasteiger partial charge in [0.15, 0.2) is 0 Å². The lowest BCUT2D eigenvalue weighted by Crippen LogP contribution is -1.81. The molecule has 0 atom stereocenters. The zero-order valence-corrected chi connectivity index (χ0v) is 9.05. The van der Waals surface area contributed by atoms with E-state index in [9.17, 15) is 4.39 Å². The Morgan fingerprint density at radius 1 is 0.933 bits per heavy atom. The third kappa shape index (κ3) is 2.18. The number of benzene rings is 2. The highest BCUT2D eigenvalue weighted by atomic mass is 35.5. The Hall–Kier alpha value is -1.34. The van der Waals surface area contributed by atoms with Crippen LogP contribution in [0.1, 0.15) is 5.56 Å². The molecular formula is C13H10ClF. The summed E-state index contributed by atoms with van der Waals surface area (Å²) in [5.41, 5.74) is 3.02. The van der Waals surface area contributed by atoms with E-state index >= 15 is 0 Å². The van der Waals surface area contributed by atoms with Crippen molar-refractivity contribution < 1.29 is 4.39 Å². The van der Waals surface area contributed by atoms with Gasteiger partial charge in [0.1, 0.15) is 5.82 Å².